The number of likely N-dealkylation sites (tertiary alicyclic amines) is 1. The quantitative estimate of drug-likeness (QED) is 0.890. The lowest BCUT2D eigenvalue weighted by molar-refractivity contribution is -0.126. The molecule has 0 bridgehead atoms. The van der Waals surface area contributed by atoms with E-state index in [9.17, 15) is 4.79 Å². The number of carbonyl (C=O) groups excluding carboxylic acids is 1. The van der Waals surface area contributed by atoms with E-state index in [1.807, 2.05) is 29.2 Å². The Morgan fingerprint density at radius 1 is 1.30 bits per heavy atom. The summed E-state index contributed by atoms with van der Waals surface area (Å²) in [5.41, 5.74) is 1.64. The number of benzene rings is 1. The first-order valence-electron chi connectivity index (χ1n) is 7.76. The maximum atomic E-state index is 12.7. The highest BCUT2D eigenvalue weighted by molar-refractivity contribution is 5.99. The summed E-state index contributed by atoms with van der Waals surface area (Å²) in [5.74, 6) is 2.77. The van der Waals surface area contributed by atoms with Gasteiger partial charge in [0, 0.05) is 31.7 Å². The SMILES string of the molecule is COc1cccc2c1OCC(C(=O)N1C[C@H]3CNC[C@H]3C1)=C2.Cl. The van der Waals surface area contributed by atoms with Crippen molar-refractivity contribution in [2.24, 2.45) is 11.8 Å². The molecule has 2 saturated heterocycles. The number of ether oxygens (including phenoxy) is 2. The standard InChI is InChI=1S/C17H20N2O3.ClH/c1-21-15-4-2-3-11-5-12(10-22-16(11)15)17(20)19-8-13-6-18-7-14(13)9-19;/h2-5,13-14,18H,6-10H2,1H3;1H/t13-,14+;. The second-order valence-corrected chi connectivity index (χ2v) is 6.23. The molecule has 0 unspecified atom stereocenters. The van der Waals surface area contributed by atoms with Crippen LogP contribution in [0.3, 0.4) is 0 Å². The zero-order valence-corrected chi connectivity index (χ0v) is 13.9. The molecular formula is C17H21ClN2O3. The van der Waals surface area contributed by atoms with Gasteiger partial charge in [-0.15, -0.1) is 12.4 Å². The van der Waals surface area contributed by atoms with Crippen LogP contribution in [0.25, 0.3) is 6.08 Å². The van der Waals surface area contributed by atoms with Crippen LogP contribution in [0, 0.1) is 11.8 Å². The van der Waals surface area contributed by atoms with Crippen LogP contribution >= 0.6 is 12.4 Å². The maximum Gasteiger partial charge on any atom is 0.253 e. The summed E-state index contributed by atoms with van der Waals surface area (Å²) in [6.45, 7) is 4.10. The smallest absolute Gasteiger partial charge is 0.253 e. The largest absolute Gasteiger partial charge is 0.493 e. The average Bonchev–Trinajstić information content (AvgIpc) is 3.14. The number of rotatable bonds is 2. The van der Waals surface area contributed by atoms with Crippen LogP contribution in [0.1, 0.15) is 5.56 Å². The molecule has 0 aliphatic carbocycles. The molecule has 1 aromatic carbocycles. The van der Waals surface area contributed by atoms with Crippen LogP contribution < -0.4 is 14.8 Å². The van der Waals surface area contributed by atoms with E-state index in [1.54, 1.807) is 7.11 Å². The van der Waals surface area contributed by atoms with Gasteiger partial charge in [-0.1, -0.05) is 12.1 Å². The maximum absolute atomic E-state index is 12.7. The van der Waals surface area contributed by atoms with Crippen molar-refractivity contribution in [3.63, 3.8) is 0 Å². The molecule has 4 rings (SSSR count). The van der Waals surface area contributed by atoms with Gasteiger partial charge in [0.05, 0.1) is 12.7 Å². The van der Waals surface area contributed by atoms with E-state index < -0.39 is 0 Å². The number of halogens is 1. The monoisotopic (exact) mass is 336 g/mol. The van der Waals surface area contributed by atoms with E-state index in [0.29, 0.717) is 24.2 Å². The highest BCUT2D eigenvalue weighted by atomic mass is 35.5. The molecule has 1 amide bonds. The van der Waals surface area contributed by atoms with Crippen molar-refractivity contribution in [2.75, 3.05) is 39.9 Å². The second-order valence-electron chi connectivity index (χ2n) is 6.23. The first-order chi connectivity index (χ1) is 10.8. The summed E-state index contributed by atoms with van der Waals surface area (Å²) >= 11 is 0. The van der Waals surface area contributed by atoms with Crippen LogP contribution in [0.2, 0.25) is 0 Å². The molecule has 0 spiro atoms. The van der Waals surface area contributed by atoms with Crippen LogP contribution in [-0.2, 0) is 4.79 Å². The predicted octanol–water partition coefficient (Wildman–Crippen LogP) is 1.57. The molecular weight excluding hydrogens is 316 g/mol. The number of methoxy groups -OCH3 is 1. The molecule has 0 saturated carbocycles. The molecule has 23 heavy (non-hydrogen) atoms. The average molecular weight is 337 g/mol. The first-order valence-corrected chi connectivity index (χ1v) is 7.76. The Balaban J connectivity index is 0.00000156. The van der Waals surface area contributed by atoms with Crippen molar-refractivity contribution in [3.05, 3.63) is 29.3 Å². The van der Waals surface area contributed by atoms with Gasteiger partial charge in [-0.3, -0.25) is 4.79 Å². The summed E-state index contributed by atoms with van der Waals surface area (Å²) in [5, 5.41) is 3.40. The molecule has 1 aromatic rings. The molecule has 6 heteroatoms. The molecule has 0 aromatic heterocycles. The molecule has 1 N–H and O–H groups in total. The Morgan fingerprint density at radius 2 is 2.04 bits per heavy atom. The van der Waals surface area contributed by atoms with Crippen LogP contribution in [0.15, 0.2) is 23.8 Å². The van der Waals surface area contributed by atoms with E-state index in [0.717, 1.165) is 43.1 Å². The third-order valence-corrected chi connectivity index (χ3v) is 4.88. The van der Waals surface area contributed by atoms with Crippen molar-refractivity contribution in [1.82, 2.24) is 10.2 Å². The molecule has 3 heterocycles. The first kappa shape index (κ1) is 16.1. The van der Waals surface area contributed by atoms with Gasteiger partial charge < -0.3 is 19.7 Å². The zero-order valence-electron chi connectivity index (χ0n) is 13.1. The van der Waals surface area contributed by atoms with Gasteiger partial charge in [-0.05, 0) is 24.0 Å². The van der Waals surface area contributed by atoms with Crippen molar-refractivity contribution >= 4 is 24.4 Å². The lowest BCUT2D eigenvalue weighted by Gasteiger charge is -2.23. The summed E-state index contributed by atoms with van der Waals surface area (Å²) < 4.78 is 11.1. The third kappa shape index (κ3) is 2.79. The summed E-state index contributed by atoms with van der Waals surface area (Å²) in [6.07, 6.45) is 1.94. The molecule has 5 nitrogen and oxygen atoms in total. The Labute approximate surface area is 142 Å². The minimum atomic E-state index is 0. The van der Waals surface area contributed by atoms with Gasteiger partial charge in [0.2, 0.25) is 0 Å². The fourth-order valence-corrected chi connectivity index (χ4v) is 3.69. The van der Waals surface area contributed by atoms with Crippen LogP contribution in [0.5, 0.6) is 11.5 Å². The molecule has 2 fully saturated rings. The number of hydrogen-bond donors (Lipinski definition) is 1. The Bertz CT molecular complexity index is 635. The van der Waals surface area contributed by atoms with Crippen molar-refractivity contribution in [3.8, 4) is 11.5 Å². The molecule has 3 aliphatic rings. The van der Waals surface area contributed by atoms with Crippen molar-refractivity contribution in [2.45, 2.75) is 0 Å². The topological polar surface area (TPSA) is 50.8 Å². The van der Waals surface area contributed by atoms with Gasteiger partial charge >= 0.3 is 0 Å². The third-order valence-electron chi connectivity index (χ3n) is 4.88. The van der Waals surface area contributed by atoms with Crippen LogP contribution in [-0.4, -0.2) is 50.7 Å². The summed E-state index contributed by atoms with van der Waals surface area (Å²) in [4.78, 5) is 14.7. The van der Waals surface area contributed by atoms with Gasteiger partial charge in [-0.25, -0.2) is 0 Å². The minimum absolute atomic E-state index is 0. The fraction of sp³-hybridized carbons (Fsp3) is 0.471. The van der Waals surface area contributed by atoms with E-state index in [1.165, 1.54) is 0 Å². The van der Waals surface area contributed by atoms with Crippen molar-refractivity contribution in [1.29, 1.82) is 0 Å². The van der Waals surface area contributed by atoms with Crippen molar-refractivity contribution < 1.29 is 14.3 Å². The molecule has 2 atom stereocenters. The van der Waals surface area contributed by atoms with E-state index in [2.05, 4.69) is 5.32 Å². The Kier molecular flexibility index (Phi) is 4.50. The number of nitrogens with one attached hydrogen (secondary N) is 1. The summed E-state index contributed by atoms with van der Waals surface area (Å²) in [7, 11) is 1.63. The number of fused-ring (bicyclic) bond motifs is 2. The van der Waals surface area contributed by atoms with Gasteiger partial charge in [0.1, 0.15) is 6.61 Å². The number of para-hydroxylation sites is 1. The summed E-state index contributed by atoms with van der Waals surface area (Å²) in [6, 6.07) is 5.73. The second kappa shape index (κ2) is 6.42. The van der Waals surface area contributed by atoms with Crippen LogP contribution in [0.4, 0.5) is 0 Å². The number of carbonyl (C=O) groups is 1. The number of hydrogen-bond acceptors (Lipinski definition) is 4. The molecule has 3 aliphatic heterocycles. The number of amides is 1. The lowest BCUT2D eigenvalue weighted by atomic mass is 10.0. The Morgan fingerprint density at radius 3 is 2.74 bits per heavy atom. The van der Waals surface area contributed by atoms with Gasteiger partial charge in [0.15, 0.2) is 11.5 Å². The van der Waals surface area contributed by atoms with E-state index >= 15 is 0 Å². The minimum Gasteiger partial charge on any atom is -0.493 e. The van der Waals surface area contributed by atoms with E-state index in [4.69, 9.17) is 9.47 Å². The molecule has 0 radical (unpaired) electrons. The Hall–Kier alpha value is -1.72. The molecule has 124 valence electrons. The number of nitrogens with zero attached hydrogens (tertiary/aromatic N) is 1. The van der Waals surface area contributed by atoms with E-state index in [-0.39, 0.29) is 18.3 Å². The lowest BCUT2D eigenvalue weighted by Crippen LogP contribution is -2.34. The predicted molar refractivity (Wildman–Crippen MR) is 90.1 cm³/mol. The highest BCUT2D eigenvalue weighted by Gasteiger charge is 2.39. The zero-order chi connectivity index (χ0) is 15.1. The highest BCUT2D eigenvalue weighted by Crippen LogP contribution is 2.36. The van der Waals surface area contributed by atoms with Gasteiger partial charge in [-0.2, -0.15) is 0 Å². The normalized spacial score (nSPS) is 24.9. The fourth-order valence-electron chi connectivity index (χ4n) is 3.69. The van der Waals surface area contributed by atoms with Gasteiger partial charge in [0.25, 0.3) is 5.91 Å².